The molecule has 106 valence electrons. The molecule has 0 heterocycles. The first-order valence-electron chi connectivity index (χ1n) is 6.11. The van der Waals surface area contributed by atoms with Gasteiger partial charge >= 0.3 is 12.1 Å². The van der Waals surface area contributed by atoms with Crippen LogP contribution in [0.5, 0.6) is 0 Å². The Morgan fingerprint density at radius 2 is 1.89 bits per heavy atom. The van der Waals surface area contributed by atoms with Crippen LogP contribution in [0.2, 0.25) is 0 Å². The van der Waals surface area contributed by atoms with Crippen molar-refractivity contribution in [3.63, 3.8) is 0 Å². The smallest absolute Gasteiger partial charge is 0.407 e. The summed E-state index contributed by atoms with van der Waals surface area (Å²) in [5, 5.41) is 14.4. The lowest BCUT2D eigenvalue weighted by atomic mass is 10.2. The van der Waals surface area contributed by atoms with E-state index in [1.807, 2.05) is 0 Å². The number of amides is 1. The van der Waals surface area contributed by atoms with E-state index in [0.29, 0.717) is 13.0 Å². The molecule has 0 aromatic carbocycles. The minimum atomic E-state index is -0.887. The predicted molar refractivity (Wildman–Crippen MR) is 68.5 cm³/mol. The number of carbonyl (C=O) groups is 2. The Kier molecular flexibility index (Phi) is 6.68. The molecule has 0 radical (unpaired) electrons. The zero-order chi connectivity index (χ0) is 14.3. The highest BCUT2D eigenvalue weighted by Crippen LogP contribution is 2.06. The van der Waals surface area contributed by atoms with E-state index in [4.69, 9.17) is 9.84 Å². The number of hydrogen-bond donors (Lipinski definition) is 3. The van der Waals surface area contributed by atoms with Crippen molar-refractivity contribution in [2.45, 2.75) is 58.7 Å². The van der Waals surface area contributed by atoms with Crippen LogP contribution >= 0.6 is 0 Å². The number of ether oxygens (including phenoxy) is 1. The van der Waals surface area contributed by atoms with Crippen LogP contribution in [0.1, 0.15) is 41.0 Å². The van der Waals surface area contributed by atoms with Gasteiger partial charge in [0.2, 0.25) is 0 Å². The number of carbonyl (C=O) groups excluding carboxylic acids is 1. The van der Waals surface area contributed by atoms with E-state index >= 15 is 0 Å². The summed E-state index contributed by atoms with van der Waals surface area (Å²) in [6.07, 6.45) is -0.00530. The van der Waals surface area contributed by atoms with E-state index in [0.717, 1.165) is 0 Å². The highest BCUT2D eigenvalue weighted by atomic mass is 16.6. The average Bonchev–Trinajstić information content (AvgIpc) is 2.14. The van der Waals surface area contributed by atoms with E-state index in [9.17, 15) is 9.59 Å². The summed E-state index contributed by atoms with van der Waals surface area (Å²) in [4.78, 5) is 22.2. The Labute approximate surface area is 108 Å². The fourth-order valence-electron chi connectivity index (χ4n) is 1.29. The summed E-state index contributed by atoms with van der Waals surface area (Å²) >= 11 is 0. The second-order valence-electron chi connectivity index (χ2n) is 5.25. The van der Waals surface area contributed by atoms with Gasteiger partial charge in [0.1, 0.15) is 11.6 Å². The molecule has 0 spiro atoms. The Bertz CT molecular complexity index is 286. The van der Waals surface area contributed by atoms with E-state index in [1.165, 1.54) is 0 Å². The molecule has 0 rings (SSSR count). The second kappa shape index (κ2) is 7.20. The fourth-order valence-corrected chi connectivity index (χ4v) is 1.29. The number of rotatable bonds is 6. The quantitative estimate of drug-likeness (QED) is 0.671. The molecule has 0 aliphatic heterocycles. The zero-order valence-corrected chi connectivity index (χ0v) is 11.7. The van der Waals surface area contributed by atoms with Crippen LogP contribution in [0.15, 0.2) is 0 Å². The molecular weight excluding hydrogens is 236 g/mol. The van der Waals surface area contributed by atoms with Crippen LogP contribution in [-0.2, 0) is 9.53 Å². The van der Waals surface area contributed by atoms with Crippen molar-refractivity contribution < 1.29 is 19.4 Å². The molecule has 0 aliphatic rings. The SMILES string of the molecule is CCC(NCC(C)NC(=O)OC(C)(C)C)C(=O)O. The molecule has 6 heteroatoms. The average molecular weight is 260 g/mol. The number of alkyl carbamates (subject to hydrolysis) is 1. The summed E-state index contributed by atoms with van der Waals surface area (Å²) in [5.74, 6) is -0.887. The highest BCUT2D eigenvalue weighted by molar-refractivity contribution is 5.73. The van der Waals surface area contributed by atoms with Gasteiger partial charge in [0.15, 0.2) is 0 Å². The molecular formula is C12H24N2O4. The van der Waals surface area contributed by atoms with E-state index in [2.05, 4.69) is 10.6 Å². The molecule has 0 saturated heterocycles. The van der Waals surface area contributed by atoms with Gasteiger partial charge in [-0.05, 0) is 34.1 Å². The molecule has 0 aromatic heterocycles. The molecule has 0 aliphatic carbocycles. The van der Waals surface area contributed by atoms with Gasteiger partial charge in [-0.3, -0.25) is 4.79 Å². The van der Waals surface area contributed by atoms with Gasteiger partial charge < -0.3 is 20.5 Å². The molecule has 1 amide bonds. The van der Waals surface area contributed by atoms with Crippen LogP contribution in [0.4, 0.5) is 4.79 Å². The summed E-state index contributed by atoms with van der Waals surface area (Å²) in [6, 6.07) is -0.791. The largest absolute Gasteiger partial charge is 0.480 e. The number of carboxylic acids is 1. The van der Waals surface area contributed by atoms with Crippen molar-refractivity contribution in [3.8, 4) is 0 Å². The Hall–Kier alpha value is -1.30. The van der Waals surface area contributed by atoms with Crippen molar-refractivity contribution in [2.75, 3.05) is 6.54 Å². The third-order valence-electron chi connectivity index (χ3n) is 2.14. The lowest BCUT2D eigenvalue weighted by Gasteiger charge is -2.22. The number of nitrogens with one attached hydrogen (secondary N) is 2. The van der Waals surface area contributed by atoms with E-state index in [1.54, 1.807) is 34.6 Å². The lowest BCUT2D eigenvalue weighted by Crippen LogP contribution is -2.46. The first kappa shape index (κ1) is 16.7. The van der Waals surface area contributed by atoms with Gasteiger partial charge in [-0.2, -0.15) is 0 Å². The summed E-state index contributed by atoms with van der Waals surface area (Å²) in [5.41, 5.74) is -0.537. The van der Waals surface area contributed by atoms with Crippen LogP contribution in [0, 0.1) is 0 Å². The Morgan fingerprint density at radius 3 is 2.28 bits per heavy atom. The van der Waals surface area contributed by atoms with E-state index < -0.39 is 23.7 Å². The summed E-state index contributed by atoms with van der Waals surface area (Å²) < 4.78 is 5.09. The maximum Gasteiger partial charge on any atom is 0.407 e. The first-order valence-corrected chi connectivity index (χ1v) is 6.11. The first-order chi connectivity index (χ1) is 8.15. The molecule has 18 heavy (non-hydrogen) atoms. The van der Waals surface area contributed by atoms with Gasteiger partial charge in [0.05, 0.1) is 0 Å². The maximum atomic E-state index is 11.4. The fraction of sp³-hybridized carbons (Fsp3) is 0.833. The topological polar surface area (TPSA) is 87.7 Å². The molecule has 6 nitrogen and oxygen atoms in total. The molecule has 0 fully saturated rings. The van der Waals surface area contributed by atoms with Gasteiger partial charge in [0, 0.05) is 12.6 Å². The number of aliphatic carboxylic acids is 1. The third-order valence-corrected chi connectivity index (χ3v) is 2.14. The van der Waals surface area contributed by atoms with Gasteiger partial charge in [-0.1, -0.05) is 6.92 Å². The van der Waals surface area contributed by atoms with Crippen molar-refractivity contribution in [3.05, 3.63) is 0 Å². The van der Waals surface area contributed by atoms with Crippen molar-refractivity contribution >= 4 is 12.1 Å². The van der Waals surface area contributed by atoms with Crippen LogP contribution in [0.3, 0.4) is 0 Å². The van der Waals surface area contributed by atoms with Gasteiger partial charge in [-0.15, -0.1) is 0 Å². The van der Waals surface area contributed by atoms with Crippen LogP contribution < -0.4 is 10.6 Å². The normalized spacial score (nSPS) is 14.7. The number of carboxylic acid groups (broad SMARTS) is 1. The monoisotopic (exact) mass is 260 g/mol. The van der Waals surface area contributed by atoms with Gasteiger partial charge in [-0.25, -0.2) is 4.79 Å². The maximum absolute atomic E-state index is 11.4. The summed E-state index contributed by atoms with van der Waals surface area (Å²) in [7, 11) is 0. The van der Waals surface area contributed by atoms with Crippen LogP contribution in [-0.4, -0.2) is 41.4 Å². The molecule has 3 N–H and O–H groups in total. The Balaban J connectivity index is 4.00. The Morgan fingerprint density at radius 1 is 1.33 bits per heavy atom. The standard InChI is InChI=1S/C12H24N2O4/c1-6-9(10(15)16)13-7-8(2)14-11(17)18-12(3,4)5/h8-9,13H,6-7H2,1-5H3,(H,14,17)(H,15,16). The molecule has 2 atom stereocenters. The van der Waals surface area contributed by atoms with Crippen LogP contribution in [0.25, 0.3) is 0 Å². The molecule has 0 saturated carbocycles. The van der Waals surface area contributed by atoms with Crippen molar-refractivity contribution in [2.24, 2.45) is 0 Å². The zero-order valence-electron chi connectivity index (χ0n) is 11.7. The summed E-state index contributed by atoms with van der Waals surface area (Å²) in [6.45, 7) is 9.31. The molecule has 2 unspecified atom stereocenters. The van der Waals surface area contributed by atoms with Gasteiger partial charge in [0.25, 0.3) is 0 Å². The minimum absolute atomic E-state index is 0.201. The molecule has 0 aromatic rings. The number of hydrogen-bond acceptors (Lipinski definition) is 4. The third kappa shape index (κ3) is 7.89. The highest BCUT2D eigenvalue weighted by Gasteiger charge is 2.19. The minimum Gasteiger partial charge on any atom is -0.480 e. The predicted octanol–water partition coefficient (Wildman–Crippen LogP) is 1.35. The second-order valence-corrected chi connectivity index (χ2v) is 5.25. The molecule has 0 bridgehead atoms. The van der Waals surface area contributed by atoms with Crippen molar-refractivity contribution in [1.29, 1.82) is 0 Å². The lowest BCUT2D eigenvalue weighted by molar-refractivity contribution is -0.139. The van der Waals surface area contributed by atoms with Crippen molar-refractivity contribution in [1.82, 2.24) is 10.6 Å². The van der Waals surface area contributed by atoms with E-state index in [-0.39, 0.29) is 6.04 Å².